The topological polar surface area (TPSA) is 49.8 Å². The molecule has 1 aromatic rings. The van der Waals surface area contributed by atoms with E-state index in [1.807, 2.05) is 24.3 Å². The summed E-state index contributed by atoms with van der Waals surface area (Å²) < 4.78 is 5.17. The summed E-state index contributed by atoms with van der Waals surface area (Å²) in [6.45, 7) is 5.46. The van der Waals surface area contributed by atoms with Crippen LogP contribution in [0.25, 0.3) is 0 Å². The third-order valence-corrected chi connectivity index (χ3v) is 4.30. The summed E-state index contributed by atoms with van der Waals surface area (Å²) in [5.74, 6) is 0.859. The number of methoxy groups -OCH3 is 1. The van der Waals surface area contributed by atoms with E-state index >= 15 is 0 Å². The first-order valence-electron chi connectivity index (χ1n) is 7.51. The Morgan fingerprint density at radius 3 is 2.86 bits per heavy atom. The van der Waals surface area contributed by atoms with Crippen LogP contribution in [0, 0.1) is 5.41 Å². The maximum absolute atomic E-state index is 12.2. The fourth-order valence-electron chi connectivity index (χ4n) is 2.65. The van der Waals surface area contributed by atoms with E-state index < -0.39 is 6.10 Å². The van der Waals surface area contributed by atoms with Gasteiger partial charge in [0, 0.05) is 13.0 Å². The van der Waals surface area contributed by atoms with Crippen LogP contribution in [0.2, 0.25) is 0 Å². The predicted octanol–water partition coefficient (Wildman–Crippen LogP) is 2.77. The van der Waals surface area contributed by atoms with E-state index in [2.05, 4.69) is 13.8 Å². The Bertz CT molecular complexity index is 499. The highest BCUT2D eigenvalue weighted by atomic mass is 16.5. The molecule has 4 heteroatoms. The van der Waals surface area contributed by atoms with Crippen LogP contribution in [0.3, 0.4) is 0 Å². The van der Waals surface area contributed by atoms with Gasteiger partial charge in [-0.3, -0.25) is 4.79 Å². The van der Waals surface area contributed by atoms with E-state index in [1.165, 1.54) is 0 Å². The molecule has 0 aromatic heterocycles. The third kappa shape index (κ3) is 4.21. The van der Waals surface area contributed by atoms with Crippen molar-refractivity contribution >= 4 is 5.91 Å². The fraction of sp³-hybridized carbons (Fsp3) is 0.588. The maximum Gasteiger partial charge on any atom is 0.222 e. The number of aliphatic hydroxyl groups excluding tert-OH is 1. The lowest BCUT2D eigenvalue weighted by atomic mass is 9.85. The van der Waals surface area contributed by atoms with Gasteiger partial charge in [-0.2, -0.15) is 0 Å². The monoisotopic (exact) mass is 291 g/mol. The molecule has 1 aliphatic heterocycles. The molecule has 21 heavy (non-hydrogen) atoms. The predicted molar refractivity (Wildman–Crippen MR) is 82.2 cm³/mol. The minimum atomic E-state index is -0.676. The molecule has 116 valence electrons. The molecule has 0 saturated carbocycles. The van der Waals surface area contributed by atoms with Crippen LogP contribution < -0.4 is 4.74 Å². The van der Waals surface area contributed by atoms with Crippen molar-refractivity contribution in [1.82, 2.24) is 4.90 Å². The van der Waals surface area contributed by atoms with Gasteiger partial charge in [0.05, 0.1) is 19.8 Å². The number of β-amino-alcohol motifs (C(OH)–C–C–N with tert-alkyl or cyclic N) is 1. The average Bonchev–Trinajstić information content (AvgIpc) is 2.60. The van der Waals surface area contributed by atoms with E-state index in [0.29, 0.717) is 19.5 Å². The zero-order valence-electron chi connectivity index (χ0n) is 13.1. The summed E-state index contributed by atoms with van der Waals surface area (Å²) in [6, 6.07) is 7.37. The summed E-state index contributed by atoms with van der Waals surface area (Å²) in [5.41, 5.74) is 0.983. The van der Waals surface area contributed by atoms with Gasteiger partial charge in [-0.1, -0.05) is 26.0 Å². The van der Waals surface area contributed by atoms with Crippen molar-refractivity contribution in [3.05, 3.63) is 29.8 Å². The fourth-order valence-corrected chi connectivity index (χ4v) is 2.65. The quantitative estimate of drug-likeness (QED) is 0.928. The molecule has 1 heterocycles. The Kier molecular flexibility index (Phi) is 4.88. The van der Waals surface area contributed by atoms with Crippen LogP contribution in [-0.2, 0) is 4.79 Å². The first-order valence-corrected chi connectivity index (χ1v) is 7.51. The lowest BCUT2D eigenvalue weighted by Gasteiger charge is -2.25. The van der Waals surface area contributed by atoms with Crippen molar-refractivity contribution in [3.63, 3.8) is 0 Å². The van der Waals surface area contributed by atoms with E-state index in [4.69, 9.17) is 4.74 Å². The number of hydrogen-bond donors (Lipinski definition) is 1. The first-order chi connectivity index (χ1) is 9.91. The molecule has 0 aliphatic carbocycles. The first kappa shape index (κ1) is 15.8. The molecule has 1 fully saturated rings. The van der Waals surface area contributed by atoms with Crippen molar-refractivity contribution in [1.29, 1.82) is 0 Å². The molecule has 4 nitrogen and oxygen atoms in total. The summed E-state index contributed by atoms with van der Waals surface area (Å²) in [7, 11) is 1.60. The highest BCUT2D eigenvalue weighted by Crippen LogP contribution is 2.31. The SMILES string of the molecule is COc1cccc(C(O)CN2CCC(C)(C)CCC2=O)c1. The van der Waals surface area contributed by atoms with Crippen molar-refractivity contribution in [2.45, 2.75) is 39.2 Å². The van der Waals surface area contributed by atoms with Gasteiger partial charge in [0.25, 0.3) is 0 Å². The van der Waals surface area contributed by atoms with Gasteiger partial charge in [0.2, 0.25) is 5.91 Å². The number of aliphatic hydroxyl groups is 1. The number of rotatable bonds is 4. The van der Waals surface area contributed by atoms with Gasteiger partial charge < -0.3 is 14.7 Å². The second-order valence-corrected chi connectivity index (χ2v) is 6.55. The second kappa shape index (κ2) is 6.48. The summed E-state index contributed by atoms with van der Waals surface area (Å²) in [6.07, 6.45) is 1.78. The largest absolute Gasteiger partial charge is 0.497 e. The Hall–Kier alpha value is -1.55. The van der Waals surface area contributed by atoms with E-state index in [-0.39, 0.29) is 11.3 Å². The van der Waals surface area contributed by atoms with Gasteiger partial charge in [0.15, 0.2) is 0 Å². The van der Waals surface area contributed by atoms with Gasteiger partial charge in [-0.05, 0) is 36.0 Å². The standard InChI is InChI=1S/C17H25NO3/c1-17(2)8-7-16(20)18(10-9-17)12-15(19)13-5-4-6-14(11-13)21-3/h4-6,11,15,19H,7-10,12H2,1-3H3. The van der Waals surface area contributed by atoms with Crippen molar-refractivity contribution in [2.75, 3.05) is 20.2 Å². The van der Waals surface area contributed by atoms with Gasteiger partial charge in [0.1, 0.15) is 5.75 Å². The number of likely N-dealkylation sites (tertiary alicyclic amines) is 1. The molecule has 0 radical (unpaired) electrons. The normalized spacial score (nSPS) is 20.0. The molecular weight excluding hydrogens is 266 g/mol. The van der Waals surface area contributed by atoms with E-state index in [1.54, 1.807) is 12.0 Å². The van der Waals surface area contributed by atoms with E-state index in [0.717, 1.165) is 24.2 Å². The van der Waals surface area contributed by atoms with Crippen molar-refractivity contribution in [2.24, 2.45) is 5.41 Å². The minimum Gasteiger partial charge on any atom is -0.497 e. The number of nitrogens with zero attached hydrogens (tertiary/aromatic N) is 1. The molecule has 1 amide bonds. The molecular formula is C17H25NO3. The third-order valence-electron chi connectivity index (χ3n) is 4.30. The van der Waals surface area contributed by atoms with Crippen molar-refractivity contribution in [3.8, 4) is 5.75 Å². The minimum absolute atomic E-state index is 0.141. The number of carbonyl (C=O) groups is 1. The summed E-state index contributed by atoms with van der Waals surface area (Å²) in [5, 5.41) is 10.4. The summed E-state index contributed by atoms with van der Waals surface area (Å²) in [4.78, 5) is 14.0. The van der Waals surface area contributed by atoms with Crippen LogP contribution in [0.15, 0.2) is 24.3 Å². The molecule has 1 unspecified atom stereocenters. The summed E-state index contributed by atoms with van der Waals surface area (Å²) >= 11 is 0. The Morgan fingerprint density at radius 2 is 2.14 bits per heavy atom. The average molecular weight is 291 g/mol. The zero-order valence-corrected chi connectivity index (χ0v) is 13.1. The maximum atomic E-state index is 12.2. The van der Waals surface area contributed by atoms with Gasteiger partial charge in [-0.25, -0.2) is 0 Å². The number of hydrogen-bond acceptors (Lipinski definition) is 3. The van der Waals surface area contributed by atoms with Crippen LogP contribution in [0.1, 0.15) is 44.8 Å². The number of amides is 1. The number of carbonyl (C=O) groups excluding carboxylic acids is 1. The lowest BCUT2D eigenvalue weighted by Crippen LogP contribution is -2.34. The number of ether oxygens (including phenoxy) is 1. The Labute approximate surface area is 126 Å². The molecule has 0 spiro atoms. The molecule has 1 aromatic carbocycles. The molecule has 1 atom stereocenters. The van der Waals surface area contributed by atoms with E-state index in [9.17, 15) is 9.90 Å². The Balaban J connectivity index is 2.04. The van der Waals surface area contributed by atoms with Gasteiger partial charge in [-0.15, -0.1) is 0 Å². The molecule has 1 aliphatic rings. The van der Waals surface area contributed by atoms with Crippen LogP contribution >= 0.6 is 0 Å². The second-order valence-electron chi connectivity index (χ2n) is 6.55. The smallest absolute Gasteiger partial charge is 0.222 e. The molecule has 0 bridgehead atoms. The number of benzene rings is 1. The highest BCUT2D eigenvalue weighted by molar-refractivity contribution is 5.76. The van der Waals surface area contributed by atoms with Crippen LogP contribution in [0.5, 0.6) is 5.75 Å². The molecule has 1 saturated heterocycles. The van der Waals surface area contributed by atoms with Gasteiger partial charge >= 0.3 is 0 Å². The Morgan fingerprint density at radius 1 is 1.38 bits per heavy atom. The van der Waals surface area contributed by atoms with Crippen LogP contribution in [0.4, 0.5) is 0 Å². The molecule has 2 rings (SSSR count). The van der Waals surface area contributed by atoms with Crippen molar-refractivity contribution < 1.29 is 14.6 Å². The molecule has 1 N–H and O–H groups in total. The highest BCUT2D eigenvalue weighted by Gasteiger charge is 2.28. The zero-order chi connectivity index (χ0) is 15.5. The lowest BCUT2D eigenvalue weighted by molar-refractivity contribution is -0.132. The van der Waals surface area contributed by atoms with Crippen LogP contribution in [-0.4, -0.2) is 36.1 Å².